The quantitative estimate of drug-likeness (QED) is 0.634. The minimum Gasteiger partial charge on any atom is -0.477 e. The molecule has 0 amide bonds. The van der Waals surface area contributed by atoms with Crippen LogP contribution in [0.4, 0.5) is 8.78 Å². The number of hydrogen-bond donors (Lipinski definition) is 1. The number of unbranched alkanes of at least 4 members (excludes halogenated alkanes) is 3. The number of aliphatic carboxylic acids is 1. The second kappa shape index (κ2) is 8.88. The van der Waals surface area contributed by atoms with Gasteiger partial charge in [-0.15, -0.1) is 0 Å². The summed E-state index contributed by atoms with van der Waals surface area (Å²) in [7, 11) is 0. The standard InChI is InChI=1S/C20H25F2NO2/c1-3-5-6-7-8-15-13(4-2)12-18(23-19(15)20(24)25)14-9-10-16(21)17(22)11-14/h9-13,15H,3-8H2,1-2H3,(H,24,25). The molecule has 5 heteroatoms. The average Bonchev–Trinajstić information content (AvgIpc) is 2.60. The van der Waals surface area contributed by atoms with E-state index in [0.717, 1.165) is 50.7 Å². The summed E-state index contributed by atoms with van der Waals surface area (Å²) in [5, 5.41) is 9.60. The SMILES string of the molecule is CCCCCCC1C(C(=O)O)=NC(c2ccc(F)c(F)c2)=CC1CC. The monoisotopic (exact) mass is 349 g/mol. The van der Waals surface area contributed by atoms with Gasteiger partial charge in [0.1, 0.15) is 5.71 Å². The van der Waals surface area contributed by atoms with Crippen molar-refractivity contribution >= 4 is 17.4 Å². The summed E-state index contributed by atoms with van der Waals surface area (Å²) in [6.45, 7) is 4.14. The van der Waals surface area contributed by atoms with Gasteiger partial charge in [0.15, 0.2) is 11.6 Å². The Hall–Kier alpha value is -2.04. The molecule has 2 unspecified atom stereocenters. The van der Waals surface area contributed by atoms with E-state index in [-0.39, 0.29) is 17.5 Å². The lowest BCUT2D eigenvalue weighted by molar-refractivity contribution is -0.129. The topological polar surface area (TPSA) is 49.7 Å². The first kappa shape index (κ1) is 19.3. The zero-order valence-corrected chi connectivity index (χ0v) is 14.8. The first-order valence-electron chi connectivity index (χ1n) is 8.97. The van der Waals surface area contributed by atoms with Crippen molar-refractivity contribution in [3.05, 3.63) is 41.5 Å². The summed E-state index contributed by atoms with van der Waals surface area (Å²) < 4.78 is 26.7. The van der Waals surface area contributed by atoms with Crippen LogP contribution < -0.4 is 0 Å². The fourth-order valence-corrected chi connectivity index (χ4v) is 3.34. The fraction of sp³-hybridized carbons (Fsp3) is 0.500. The molecular weight excluding hydrogens is 324 g/mol. The first-order valence-corrected chi connectivity index (χ1v) is 8.97. The van der Waals surface area contributed by atoms with Crippen molar-refractivity contribution in [3.63, 3.8) is 0 Å². The van der Waals surface area contributed by atoms with E-state index in [1.165, 1.54) is 6.07 Å². The second-order valence-electron chi connectivity index (χ2n) is 6.51. The Bertz CT molecular complexity index is 682. The lowest BCUT2D eigenvalue weighted by Crippen LogP contribution is -2.31. The van der Waals surface area contributed by atoms with Crippen LogP contribution in [0.1, 0.15) is 57.9 Å². The van der Waals surface area contributed by atoms with Gasteiger partial charge in [0, 0.05) is 11.5 Å². The van der Waals surface area contributed by atoms with E-state index in [9.17, 15) is 18.7 Å². The third-order valence-corrected chi connectivity index (χ3v) is 4.76. The molecule has 1 aliphatic heterocycles. The molecule has 1 aromatic carbocycles. The summed E-state index contributed by atoms with van der Waals surface area (Å²) in [6, 6.07) is 3.54. The molecule has 0 radical (unpaired) electrons. The van der Waals surface area contributed by atoms with Gasteiger partial charge in [-0.25, -0.2) is 18.6 Å². The maximum atomic E-state index is 13.5. The summed E-state index contributed by atoms with van der Waals surface area (Å²) in [6.07, 6.45) is 7.78. The molecule has 0 saturated carbocycles. The van der Waals surface area contributed by atoms with Gasteiger partial charge in [-0.2, -0.15) is 0 Å². The fourth-order valence-electron chi connectivity index (χ4n) is 3.34. The van der Waals surface area contributed by atoms with Crippen molar-refractivity contribution in [1.29, 1.82) is 0 Å². The summed E-state index contributed by atoms with van der Waals surface area (Å²) in [5.41, 5.74) is 0.944. The molecule has 1 N–H and O–H groups in total. The van der Waals surface area contributed by atoms with Crippen LogP contribution in [0.25, 0.3) is 5.70 Å². The molecule has 2 atom stereocenters. The van der Waals surface area contributed by atoms with Crippen LogP contribution in [0.5, 0.6) is 0 Å². The number of carboxylic acid groups (broad SMARTS) is 1. The summed E-state index contributed by atoms with van der Waals surface area (Å²) in [4.78, 5) is 16.0. The Morgan fingerprint density at radius 3 is 2.52 bits per heavy atom. The molecular formula is C20H25F2NO2. The third kappa shape index (κ3) is 4.74. The van der Waals surface area contributed by atoms with Crippen LogP contribution in [0.3, 0.4) is 0 Å². The minimum absolute atomic E-state index is 0.0355. The molecule has 1 heterocycles. The molecule has 1 aromatic rings. The van der Waals surface area contributed by atoms with E-state index in [0.29, 0.717) is 11.3 Å². The highest BCUT2D eigenvalue weighted by Gasteiger charge is 2.32. The van der Waals surface area contributed by atoms with Gasteiger partial charge in [0.05, 0.1) is 5.70 Å². The normalized spacial score (nSPS) is 20.2. The number of carbonyl (C=O) groups is 1. The Kier molecular flexibility index (Phi) is 6.85. The van der Waals surface area contributed by atoms with Crippen molar-refractivity contribution < 1.29 is 18.7 Å². The van der Waals surface area contributed by atoms with Crippen LogP contribution in [-0.4, -0.2) is 16.8 Å². The van der Waals surface area contributed by atoms with Crippen LogP contribution in [0.15, 0.2) is 29.3 Å². The molecule has 0 bridgehead atoms. The van der Waals surface area contributed by atoms with Crippen molar-refractivity contribution in [1.82, 2.24) is 0 Å². The molecule has 0 aliphatic carbocycles. The van der Waals surface area contributed by atoms with Gasteiger partial charge in [0.2, 0.25) is 0 Å². The Morgan fingerprint density at radius 2 is 1.92 bits per heavy atom. The van der Waals surface area contributed by atoms with Crippen LogP contribution in [0, 0.1) is 23.5 Å². The highest BCUT2D eigenvalue weighted by Crippen LogP contribution is 2.34. The predicted molar refractivity (Wildman–Crippen MR) is 95.4 cm³/mol. The van der Waals surface area contributed by atoms with E-state index in [2.05, 4.69) is 11.9 Å². The van der Waals surface area contributed by atoms with E-state index in [1.54, 1.807) is 0 Å². The van der Waals surface area contributed by atoms with Crippen LogP contribution in [0.2, 0.25) is 0 Å². The largest absolute Gasteiger partial charge is 0.477 e. The zero-order chi connectivity index (χ0) is 18.4. The van der Waals surface area contributed by atoms with Gasteiger partial charge in [-0.3, -0.25) is 0 Å². The van der Waals surface area contributed by atoms with Gasteiger partial charge in [0.25, 0.3) is 0 Å². The minimum atomic E-state index is -1.04. The van der Waals surface area contributed by atoms with Crippen molar-refractivity contribution in [2.75, 3.05) is 0 Å². The molecule has 3 nitrogen and oxygen atoms in total. The number of aliphatic imine (C=N–C) groups is 1. The molecule has 1 aliphatic rings. The summed E-state index contributed by atoms with van der Waals surface area (Å²) >= 11 is 0. The van der Waals surface area contributed by atoms with E-state index < -0.39 is 17.6 Å². The number of nitrogens with zero attached hydrogens (tertiary/aromatic N) is 1. The number of hydrogen-bond acceptors (Lipinski definition) is 2. The molecule has 0 saturated heterocycles. The van der Waals surface area contributed by atoms with Gasteiger partial charge < -0.3 is 5.11 Å². The zero-order valence-electron chi connectivity index (χ0n) is 14.8. The highest BCUT2D eigenvalue weighted by molar-refractivity contribution is 6.37. The first-order chi connectivity index (χ1) is 12.0. The third-order valence-electron chi connectivity index (χ3n) is 4.76. The number of halogens is 2. The molecule has 0 aromatic heterocycles. The van der Waals surface area contributed by atoms with Crippen molar-refractivity contribution in [2.24, 2.45) is 16.8 Å². The number of rotatable bonds is 8. The highest BCUT2D eigenvalue weighted by atomic mass is 19.2. The van der Waals surface area contributed by atoms with E-state index >= 15 is 0 Å². The van der Waals surface area contributed by atoms with Gasteiger partial charge in [-0.1, -0.05) is 45.6 Å². The Balaban J connectivity index is 2.29. The molecule has 0 spiro atoms. The van der Waals surface area contributed by atoms with Gasteiger partial charge >= 0.3 is 5.97 Å². The van der Waals surface area contributed by atoms with Crippen molar-refractivity contribution in [3.8, 4) is 0 Å². The number of carboxylic acids is 1. The molecule has 2 rings (SSSR count). The lowest BCUT2D eigenvalue weighted by Gasteiger charge is -2.28. The molecule has 25 heavy (non-hydrogen) atoms. The van der Waals surface area contributed by atoms with E-state index in [4.69, 9.17) is 0 Å². The Morgan fingerprint density at radius 1 is 1.16 bits per heavy atom. The molecule has 0 fully saturated rings. The molecule has 136 valence electrons. The van der Waals surface area contributed by atoms with E-state index in [1.807, 2.05) is 13.0 Å². The number of benzene rings is 1. The maximum Gasteiger partial charge on any atom is 0.350 e. The smallest absolute Gasteiger partial charge is 0.350 e. The Labute approximate surface area is 147 Å². The lowest BCUT2D eigenvalue weighted by atomic mass is 9.79. The maximum absolute atomic E-state index is 13.5. The number of allylic oxidation sites excluding steroid dienone is 1. The predicted octanol–water partition coefficient (Wildman–Crippen LogP) is 5.46. The van der Waals surface area contributed by atoms with Crippen LogP contribution >= 0.6 is 0 Å². The summed E-state index contributed by atoms with van der Waals surface area (Å²) in [5.74, 6) is -3.02. The van der Waals surface area contributed by atoms with Crippen LogP contribution in [-0.2, 0) is 4.79 Å². The van der Waals surface area contributed by atoms with Crippen molar-refractivity contribution in [2.45, 2.75) is 52.4 Å². The average molecular weight is 349 g/mol. The van der Waals surface area contributed by atoms with Gasteiger partial charge in [-0.05, 0) is 37.0 Å². The second-order valence-corrected chi connectivity index (χ2v) is 6.51.